The summed E-state index contributed by atoms with van der Waals surface area (Å²) in [6.07, 6.45) is 1.71. The first kappa shape index (κ1) is 10.6. The molecule has 0 heterocycles. The molecule has 0 spiro atoms. The number of hydrogen-bond acceptors (Lipinski definition) is 1. The van der Waals surface area contributed by atoms with Crippen LogP contribution in [0.5, 0.6) is 0 Å². The summed E-state index contributed by atoms with van der Waals surface area (Å²) in [5, 5.41) is 9.42. The number of benzene rings is 1. The lowest BCUT2D eigenvalue weighted by atomic mass is 10.1. The fraction of sp³-hybridized carbons (Fsp3) is 0.455. The first-order chi connectivity index (χ1) is 6.27. The van der Waals surface area contributed by atoms with Gasteiger partial charge in [0.05, 0.1) is 12.0 Å². The van der Waals surface area contributed by atoms with Crippen molar-refractivity contribution in [3.8, 4) is 0 Å². The first-order valence-electron chi connectivity index (χ1n) is 4.60. The maximum Gasteiger partial charge on any atom is 0.0925 e. The Kier molecular flexibility index (Phi) is 4.26. The van der Waals surface area contributed by atoms with Gasteiger partial charge in [0.25, 0.3) is 0 Å². The number of hydrogen-bond donors (Lipinski definition) is 1. The van der Waals surface area contributed by atoms with Crippen LogP contribution in [0.1, 0.15) is 30.6 Å². The summed E-state index contributed by atoms with van der Waals surface area (Å²) in [7, 11) is 0. The van der Waals surface area contributed by atoms with Crippen molar-refractivity contribution in [2.45, 2.75) is 25.9 Å². The van der Waals surface area contributed by atoms with Crippen LogP contribution in [-0.2, 0) is 6.42 Å². The zero-order valence-corrected chi connectivity index (χ0v) is 8.59. The van der Waals surface area contributed by atoms with E-state index in [9.17, 15) is 5.11 Å². The van der Waals surface area contributed by atoms with Crippen molar-refractivity contribution in [3.05, 3.63) is 35.4 Å². The lowest BCUT2D eigenvalue weighted by Crippen LogP contribution is -1.98. The van der Waals surface area contributed by atoms with Gasteiger partial charge in [-0.3, -0.25) is 0 Å². The van der Waals surface area contributed by atoms with Crippen LogP contribution in [0.2, 0.25) is 0 Å². The van der Waals surface area contributed by atoms with E-state index < -0.39 is 6.10 Å². The molecule has 0 saturated carbocycles. The molecular formula is C11H15ClO. The summed E-state index contributed by atoms with van der Waals surface area (Å²) < 4.78 is 0. The number of aliphatic hydroxyl groups excluding tert-OH is 1. The minimum Gasteiger partial charge on any atom is -0.387 e. The third kappa shape index (κ3) is 3.02. The van der Waals surface area contributed by atoms with Gasteiger partial charge in [-0.1, -0.05) is 37.6 Å². The molecule has 0 aromatic heterocycles. The number of rotatable bonds is 4. The van der Waals surface area contributed by atoms with Gasteiger partial charge in [-0.25, -0.2) is 0 Å². The summed E-state index contributed by atoms with van der Waals surface area (Å²) in [5.74, 6) is 0.257. The molecule has 0 amide bonds. The van der Waals surface area contributed by atoms with Crippen molar-refractivity contribution in [1.82, 2.24) is 0 Å². The van der Waals surface area contributed by atoms with E-state index in [4.69, 9.17) is 11.6 Å². The maximum atomic E-state index is 9.42. The zero-order chi connectivity index (χ0) is 9.68. The molecule has 72 valence electrons. The topological polar surface area (TPSA) is 20.2 Å². The molecule has 0 aliphatic carbocycles. The average molecular weight is 199 g/mol. The van der Waals surface area contributed by atoms with E-state index in [1.54, 1.807) is 0 Å². The Morgan fingerprint density at radius 2 is 1.92 bits per heavy atom. The summed E-state index contributed by atoms with van der Waals surface area (Å²) in [4.78, 5) is 0. The van der Waals surface area contributed by atoms with Gasteiger partial charge in [0.2, 0.25) is 0 Å². The third-order valence-corrected chi connectivity index (χ3v) is 2.34. The van der Waals surface area contributed by atoms with E-state index in [-0.39, 0.29) is 5.88 Å². The van der Waals surface area contributed by atoms with Crippen LogP contribution in [0.4, 0.5) is 0 Å². The molecule has 0 radical (unpaired) electrons. The van der Waals surface area contributed by atoms with E-state index in [2.05, 4.69) is 19.1 Å². The minimum atomic E-state index is -0.530. The van der Waals surface area contributed by atoms with Gasteiger partial charge >= 0.3 is 0 Å². The van der Waals surface area contributed by atoms with Crippen LogP contribution >= 0.6 is 11.6 Å². The number of aliphatic hydroxyl groups is 1. The molecule has 1 rings (SSSR count). The molecule has 0 saturated heterocycles. The van der Waals surface area contributed by atoms with Crippen molar-refractivity contribution in [3.63, 3.8) is 0 Å². The van der Waals surface area contributed by atoms with Crippen molar-refractivity contribution < 1.29 is 5.11 Å². The Morgan fingerprint density at radius 1 is 1.31 bits per heavy atom. The fourth-order valence-corrected chi connectivity index (χ4v) is 1.46. The first-order valence-corrected chi connectivity index (χ1v) is 5.14. The van der Waals surface area contributed by atoms with Gasteiger partial charge in [-0.05, 0) is 17.5 Å². The third-order valence-electron chi connectivity index (χ3n) is 2.05. The number of alkyl halides is 1. The molecule has 1 N–H and O–H groups in total. The van der Waals surface area contributed by atoms with Crippen LogP contribution in [0, 0.1) is 0 Å². The molecule has 1 aromatic rings. The lowest BCUT2D eigenvalue weighted by molar-refractivity contribution is 0.202. The maximum absolute atomic E-state index is 9.42. The second-order valence-electron chi connectivity index (χ2n) is 3.16. The van der Waals surface area contributed by atoms with Crippen LogP contribution in [-0.4, -0.2) is 11.0 Å². The van der Waals surface area contributed by atoms with E-state index in [0.29, 0.717) is 0 Å². The molecule has 0 fully saturated rings. The van der Waals surface area contributed by atoms with Crippen molar-refractivity contribution in [2.24, 2.45) is 0 Å². The summed E-state index contributed by atoms with van der Waals surface area (Å²) in [6, 6.07) is 7.99. The SMILES string of the molecule is CCCc1ccc([C@@H](O)CCl)cc1. The highest BCUT2D eigenvalue weighted by Gasteiger charge is 2.04. The van der Waals surface area contributed by atoms with Crippen molar-refractivity contribution in [1.29, 1.82) is 0 Å². The molecule has 1 nitrogen and oxygen atoms in total. The van der Waals surface area contributed by atoms with Gasteiger partial charge in [0.1, 0.15) is 0 Å². The fourth-order valence-electron chi connectivity index (χ4n) is 1.28. The molecule has 2 heteroatoms. The van der Waals surface area contributed by atoms with Crippen molar-refractivity contribution >= 4 is 11.6 Å². The zero-order valence-electron chi connectivity index (χ0n) is 7.83. The summed E-state index contributed by atoms with van der Waals surface area (Å²) in [5.41, 5.74) is 2.21. The molecule has 0 aliphatic heterocycles. The van der Waals surface area contributed by atoms with Gasteiger partial charge in [-0.2, -0.15) is 0 Å². The Morgan fingerprint density at radius 3 is 2.38 bits per heavy atom. The Labute approximate surface area is 84.4 Å². The average Bonchev–Trinajstić information content (AvgIpc) is 2.18. The normalized spacial score (nSPS) is 12.8. The highest BCUT2D eigenvalue weighted by molar-refractivity contribution is 6.18. The van der Waals surface area contributed by atoms with Crippen LogP contribution in [0.25, 0.3) is 0 Å². The summed E-state index contributed by atoms with van der Waals surface area (Å²) >= 11 is 5.54. The minimum absolute atomic E-state index is 0.257. The van der Waals surface area contributed by atoms with Crippen LogP contribution in [0.3, 0.4) is 0 Å². The Balaban J connectivity index is 2.69. The van der Waals surface area contributed by atoms with Gasteiger partial charge in [0.15, 0.2) is 0 Å². The second-order valence-corrected chi connectivity index (χ2v) is 3.47. The quantitative estimate of drug-likeness (QED) is 0.738. The highest BCUT2D eigenvalue weighted by Crippen LogP contribution is 2.15. The van der Waals surface area contributed by atoms with Gasteiger partial charge < -0.3 is 5.11 Å². The van der Waals surface area contributed by atoms with Gasteiger partial charge in [-0.15, -0.1) is 11.6 Å². The highest BCUT2D eigenvalue weighted by atomic mass is 35.5. The molecule has 1 atom stereocenters. The second kappa shape index (κ2) is 5.25. The van der Waals surface area contributed by atoms with E-state index >= 15 is 0 Å². The van der Waals surface area contributed by atoms with Crippen LogP contribution in [0.15, 0.2) is 24.3 Å². The summed E-state index contributed by atoms with van der Waals surface area (Å²) in [6.45, 7) is 2.15. The predicted octanol–water partition coefficient (Wildman–Crippen LogP) is 2.91. The lowest BCUT2D eigenvalue weighted by Gasteiger charge is -2.07. The molecular weight excluding hydrogens is 184 g/mol. The standard InChI is InChI=1S/C11H15ClO/c1-2-3-9-4-6-10(7-5-9)11(13)8-12/h4-7,11,13H,2-3,8H2,1H3/t11-/m0/s1. The molecule has 0 aliphatic rings. The molecule has 1 aromatic carbocycles. The van der Waals surface area contributed by atoms with E-state index in [0.717, 1.165) is 18.4 Å². The van der Waals surface area contributed by atoms with Crippen molar-refractivity contribution in [2.75, 3.05) is 5.88 Å². The van der Waals surface area contributed by atoms with E-state index in [1.165, 1.54) is 5.56 Å². The smallest absolute Gasteiger partial charge is 0.0925 e. The van der Waals surface area contributed by atoms with Crippen LogP contribution < -0.4 is 0 Å². The Hall–Kier alpha value is -0.530. The predicted molar refractivity (Wildman–Crippen MR) is 56.1 cm³/mol. The Bertz CT molecular complexity index is 243. The molecule has 13 heavy (non-hydrogen) atoms. The molecule has 0 bridgehead atoms. The largest absolute Gasteiger partial charge is 0.387 e. The molecule has 0 unspecified atom stereocenters. The van der Waals surface area contributed by atoms with E-state index in [1.807, 2.05) is 12.1 Å². The number of halogens is 1. The number of aryl methyl sites for hydroxylation is 1. The van der Waals surface area contributed by atoms with Gasteiger partial charge in [0, 0.05) is 0 Å². The monoisotopic (exact) mass is 198 g/mol.